The molecule has 0 radical (unpaired) electrons. The van der Waals surface area contributed by atoms with E-state index in [9.17, 15) is 9.59 Å². The lowest BCUT2D eigenvalue weighted by atomic mass is 10.0. The van der Waals surface area contributed by atoms with E-state index in [1.54, 1.807) is 6.20 Å². The molecule has 0 bridgehead atoms. The van der Waals surface area contributed by atoms with Crippen molar-refractivity contribution in [3.05, 3.63) is 53.3 Å². The Kier molecular flexibility index (Phi) is 4.64. The molecule has 0 aliphatic carbocycles. The van der Waals surface area contributed by atoms with Crippen molar-refractivity contribution < 1.29 is 24.2 Å². The van der Waals surface area contributed by atoms with Gasteiger partial charge in [0.2, 0.25) is 0 Å². The van der Waals surface area contributed by atoms with E-state index in [0.717, 1.165) is 16.6 Å². The normalized spacial score (nSPS) is 17.0. The molecule has 2 aromatic rings. The van der Waals surface area contributed by atoms with Gasteiger partial charge in [0.05, 0.1) is 5.57 Å². The highest BCUT2D eigenvalue weighted by Gasteiger charge is 2.34. The van der Waals surface area contributed by atoms with Gasteiger partial charge in [-0.25, -0.2) is 4.98 Å². The van der Waals surface area contributed by atoms with E-state index in [2.05, 4.69) is 10.3 Å². The van der Waals surface area contributed by atoms with Gasteiger partial charge < -0.3 is 19.1 Å². The quantitative estimate of drug-likeness (QED) is 0.731. The molecular formula is C19H19N3O5. The van der Waals surface area contributed by atoms with Crippen LogP contribution in [-0.2, 0) is 32.0 Å². The van der Waals surface area contributed by atoms with Gasteiger partial charge in [-0.3, -0.25) is 14.9 Å². The molecular weight excluding hydrogens is 350 g/mol. The molecule has 2 aromatic heterocycles. The number of hydrogen-bond donors (Lipinski definition) is 2. The number of aliphatic hydroxyl groups is 1. The molecule has 8 heteroatoms. The lowest BCUT2D eigenvalue weighted by molar-refractivity contribution is -0.124. The van der Waals surface area contributed by atoms with Crippen molar-refractivity contribution in [2.45, 2.75) is 19.4 Å². The molecule has 2 N–H and O–H groups in total. The largest absolute Gasteiger partial charge is 0.494 e. The highest BCUT2D eigenvalue weighted by molar-refractivity contribution is 6.21. The molecule has 0 fully saturated rings. The molecule has 140 valence electrons. The summed E-state index contributed by atoms with van der Waals surface area (Å²) in [6.45, 7) is 1.43. The average Bonchev–Trinajstić information content (AvgIpc) is 3.18. The molecule has 2 aliphatic rings. The summed E-state index contributed by atoms with van der Waals surface area (Å²) in [7, 11) is 0. The highest BCUT2D eigenvalue weighted by atomic mass is 16.6. The predicted octanol–water partition coefficient (Wildman–Crippen LogP) is 0.802. The van der Waals surface area contributed by atoms with E-state index < -0.39 is 11.8 Å². The van der Waals surface area contributed by atoms with Gasteiger partial charge in [-0.1, -0.05) is 0 Å². The molecule has 0 atom stereocenters. The molecule has 27 heavy (non-hydrogen) atoms. The molecule has 2 aliphatic heterocycles. The van der Waals surface area contributed by atoms with Crippen molar-refractivity contribution in [1.29, 1.82) is 0 Å². The third kappa shape index (κ3) is 3.19. The van der Waals surface area contributed by atoms with Gasteiger partial charge in [-0.2, -0.15) is 0 Å². The van der Waals surface area contributed by atoms with Gasteiger partial charge in [0.15, 0.2) is 5.76 Å². The molecule has 4 heterocycles. The van der Waals surface area contributed by atoms with Crippen LogP contribution in [0.3, 0.4) is 0 Å². The maximum atomic E-state index is 12.4. The van der Waals surface area contributed by atoms with Crippen molar-refractivity contribution in [2.24, 2.45) is 0 Å². The summed E-state index contributed by atoms with van der Waals surface area (Å²) < 4.78 is 12.7. The summed E-state index contributed by atoms with van der Waals surface area (Å²) in [6.07, 6.45) is 5.87. The van der Waals surface area contributed by atoms with Crippen molar-refractivity contribution >= 4 is 22.8 Å². The molecule has 0 saturated carbocycles. The molecule has 0 aromatic carbocycles. The second-order valence-electron chi connectivity index (χ2n) is 6.31. The minimum atomic E-state index is -0.478. The van der Waals surface area contributed by atoms with Crippen LogP contribution in [0.1, 0.15) is 12.0 Å². The number of nitrogens with one attached hydrogen (secondary N) is 1. The smallest absolute Gasteiger partial charge is 0.262 e. The van der Waals surface area contributed by atoms with Crippen LogP contribution in [0.25, 0.3) is 11.0 Å². The number of ether oxygens (including phenoxy) is 2. The second-order valence-corrected chi connectivity index (χ2v) is 6.31. The lowest BCUT2D eigenvalue weighted by Crippen LogP contribution is -2.24. The number of carbonyl (C=O) groups excluding carboxylic acids is 2. The molecule has 0 unspecified atom stereocenters. The first-order valence-electron chi connectivity index (χ1n) is 8.76. The SMILES string of the molecule is O=C1NC(=O)C(C2=COCCO2)=C1Cc1cn(CCCO)c2ncccc12. The van der Waals surface area contributed by atoms with Crippen molar-refractivity contribution in [3.63, 3.8) is 0 Å². The van der Waals surface area contributed by atoms with Crippen LogP contribution >= 0.6 is 0 Å². The summed E-state index contributed by atoms with van der Waals surface area (Å²) in [5, 5.41) is 12.4. The maximum Gasteiger partial charge on any atom is 0.262 e. The van der Waals surface area contributed by atoms with Gasteiger partial charge in [0, 0.05) is 42.9 Å². The first kappa shape index (κ1) is 17.3. The number of rotatable bonds is 6. The van der Waals surface area contributed by atoms with Crippen LogP contribution in [0.2, 0.25) is 0 Å². The van der Waals surface area contributed by atoms with E-state index in [-0.39, 0.29) is 24.4 Å². The summed E-state index contributed by atoms with van der Waals surface area (Å²) >= 11 is 0. The maximum absolute atomic E-state index is 12.4. The molecule has 4 rings (SSSR count). The number of aryl methyl sites for hydroxylation is 1. The predicted molar refractivity (Wildman–Crippen MR) is 95.3 cm³/mol. The zero-order valence-corrected chi connectivity index (χ0v) is 14.6. The van der Waals surface area contributed by atoms with Crippen LogP contribution in [-0.4, -0.2) is 46.3 Å². The number of carbonyl (C=O) groups is 2. The van der Waals surface area contributed by atoms with Crippen molar-refractivity contribution in [2.75, 3.05) is 19.8 Å². The third-order valence-electron chi connectivity index (χ3n) is 4.57. The fourth-order valence-electron chi connectivity index (χ4n) is 3.36. The van der Waals surface area contributed by atoms with Crippen molar-refractivity contribution in [1.82, 2.24) is 14.9 Å². The van der Waals surface area contributed by atoms with Gasteiger partial charge in [-0.05, 0) is 24.1 Å². The van der Waals surface area contributed by atoms with Crippen LogP contribution in [0.5, 0.6) is 0 Å². The van der Waals surface area contributed by atoms with E-state index in [1.165, 1.54) is 6.26 Å². The summed E-state index contributed by atoms with van der Waals surface area (Å²) in [5.74, 6) is -0.624. The Balaban J connectivity index is 1.75. The van der Waals surface area contributed by atoms with Gasteiger partial charge in [0.1, 0.15) is 25.1 Å². The number of nitrogens with zero attached hydrogens (tertiary/aromatic N) is 2. The topological polar surface area (TPSA) is 103 Å². The number of aromatic nitrogens is 2. The molecule has 0 saturated heterocycles. The monoisotopic (exact) mass is 369 g/mol. The minimum Gasteiger partial charge on any atom is -0.494 e. The number of amides is 2. The van der Waals surface area contributed by atoms with Crippen LogP contribution in [0, 0.1) is 0 Å². The number of hydrogen-bond acceptors (Lipinski definition) is 6. The van der Waals surface area contributed by atoms with E-state index in [0.29, 0.717) is 31.8 Å². The number of pyridine rings is 1. The van der Waals surface area contributed by atoms with Gasteiger partial charge in [-0.15, -0.1) is 0 Å². The Bertz CT molecular complexity index is 973. The number of imide groups is 1. The summed E-state index contributed by atoms with van der Waals surface area (Å²) in [6, 6.07) is 3.76. The number of fused-ring (bicyclic) bond motifs is 1. The Hall–Kier alpha value is -3.13. The summed E-state index contributed by atoms with van der Waals surface area (Å²) in [4.78, 5) is 29.1. The molecule has 2 amide bonds. The van der Waals surface area contributed by atoms with Crippen molar-refractivity contribution in [3.8, 4) is 0 Å². The first-order chi connectivity index (χ1) is 13.2. The fourth-order valence-corrected chi connectivity index (χ4v) is 3.36. The fraction of sp³-hybridized carbons (Fsp3) is 0.316. The number of aliphatic hydroxyl groups excluding tert-OH is 1. The Morgan fingerprint density at radius 3 is 2.93 bits per heavy atom. The van der Waals surface area contributed by atoms with Crippen LogP contribution < -0.4 is 5.32 Å². The standard InChI is InChI=1S/C19H19N3O5/c23-6-2-5-22-10-12(13-3-1-4-20-17(13)22)9-14-16(19(25)21-18(14)24)15-11-26-7-8-27-15/h1,3-4,10-11,23H,2,5-9H2,(H,21,24,25). The van der Waals surface area contributed by atoms with Crippen LogP contribution in [0.15, 0.2) is 47.7 Å². The minimum absolute atomic E-state index is 0.0829. The summed E-state index contributed by atoms with van der Waals surface area (Å²) in [5.41, 5.74) is 2.23. The molecule has 0 spiro atoms. The highest BCUT2D eigenvalue weighted by Crippen LogP contribution is 2.29. The zero-order chi connectivity index (χ0) is 18.8. The van der Waals surface area contributed by atoms with Crippen LogP contribution in [0.4, 0.5) is 0 Å². The van der Waals surface area contributed by atoms with Gasteiger partial charge in [0.25, 0.3) is 11.8 Å². The zero-order valence-electron chi connectivity index (χ0n) is 14.6. The van der Waals surface area contributed by atoms with E-state index in [1.807, 2.05) is 22.9 Å². The van der Waals surface area contributed by atoms with Gasteiger partial charge >= 0.3 is 0 Å². The second kappa shape index (κ2) is 7.24. The lowest BCUT2D eigenvalue weighted by Gasteiger charge is -2.16. The van der Waals surface area contributed by atoms with E-state index in [4.69, 9.17) is 14.6 Å². The average molecular weight is 369 g/mol. The Labute approximate surface area is 155 Å². The first-order valence-corrected chi connectivity index (χ1v) is 8.76. The Morgan fingerprint density at radius 1 is 1.26 bits per heavy atom. The Morgan fingerprint density at radius 2 is 2.15 bits per heavy atom. The molecule has 8 nitrogen and oxygen atoms in total. The van der Waals surface area contributed by atoms with E-state index >= 15 is 0 Å². The third-order valence-corrected chi connectivity index (χ3v) is 4.57.